The minimum atomic E-state index is -4.70. The molecule has 0 saturated heterocycles. The van der Waals surface area contributed by atoms with E-state index in [1.165, 1.54) is 24.3 Å². The van der Waals surface area contributed by atoms with Crippen molar-refractivity contribution in [2.45, 2.75) is 50.9 Å². The summed E-state index contributed by atoms with van der Waals surface area (Å²) < 4.78 is 69.8. The fourth-order valence-corrected chi connectivity index (χ4v) is 5.99. The molecule has 2 heterocycles. The van der Waals surface area contributed by atoms with Crippen LogP contribution in [-0.4, -0.2) is 35.5 Å². The summed E-state index contributed by atoms with van der Waals surface area (Å²) >= 11 is 0. The quantitative estimate of drug-likeness (QED) is 0.332. The van der Waals surface area contributed by atoms with E-state index in [1.807, 2.05) is 13.8 Å². The van der Waals surface area contributed by atoms with E-state index >= 15 is 0 Å². The molecule has 39 heavy (non-hydrogen) atoms. The lowest BCUT2D eigenvalue weighted by atomic mass is 9.71. The number of carbonyl (C=O) groups is 1. The molecule has 0 bridgehead atoms. The van der Waals surface area contributed by atoms with Gasteiger partial charge in [-0.25, -0.2) is 9.97 Å². The van der Waals surface area contributed by atoms with Crippen LogP contribution in [0.3, 0.4) is 0 Å². The molecule has 1 aromatic carbocycles. The number of nitrogens with zero attached hydrogens (tertiary/aromatic N) is 2. The Morgan fingerprint density at radius 3 is 2.31 bits per heavy atom. The number of rotatable bonds is 7. The number of pyridine rings is 2. The van der Waals surface area contributed by atoms with Crippen molar-refractivity contribution in [1.29, 1.82) is 0 Å². The van der Waals surface area contributed by atoms with Gasteiger partial charge in [0.05, 0.1) is 17.2 Å². The summed E-state index contributed by atoms with van der Waals surface area (Å²) in [6.07, 6.45) is -3.12. The number of alkyl halides is 3. The Balaban J connectivity index is 1.64. The average Bonchev–Trinajstić information content (AvgIpc) is 2.85. The van der Waals surface area contributed by atoms with E-state index in [-0.39, 0.29) is 29.0 Å². The van der Waals surface area contributed by atoms with Crippen LogP contribution >= 0.6 is 0 Å². The number of hydrogen-bond donors (Lipinski definition) is 3. The van der Waals surface area contributed by atoms with Crippen molar-refractivity contribution in [2.24, 2.45) is 17.8 Å². The van der Waals surface area contributed by atoms with Crippen LogP contribution in [0.25, 0.3) is 11.3 Å². The molecule has 0 radical (unpaired) electrons. The number of aryl methyl sites for hydroxylation is 1. The van der Waals surface area contributed by atoms with Gasteiger partial charge in [-0.05, 0) is 61.4 Å². The lowest BCUT2D eigenvalue weighted by Gasteiger charge is -2.39. The third-order valence-electron chi connectivity index (χ3n) is 7.13. The number of aromatic nitrogens is 2. The van der Waals surface area contributed by atoms with Gasteiger partial charge in [-0.1, -0.05) is 44.2 Å². The molecule has 0 spiro atoms. The molecular weight excluding hydrogens is 533 g/mol. The van der Waals surface area contributed by atoms with E-state index in [0.717, 1.165) is 25.0 Å². The fourth-order valence-electron chi connectivity index (χ4n) is 5.02. The highest BCUT2D eigenvalue weighted by Gasteiger charge is 2.40. The Labute approximate surface area is 224 Å². The van der Waals surface area contributed by atoms with Gasteiger partial charge in [0.15, 0.2) is 5.03 Å². The second-order valence-electron chi connectivity index (χ2n) is 9.94. The van der Waals surface area contributed by atoms with Crippen molar-refractivity contribution in [2.75, 3.05) is 10.0 Å². The van der Waals surface area contributed by atoms with Crippen LogP contribution in [0, 0.1) is 24.7 Å². The van der Waals surface area contributed by atoms with Crippen LogP contribution in [0.5, 0.6) is 0 Å². The molecule has 4 atom stereocenters. The normalized spacial score (nSPS) is 21.8. The first-order valence-electron chi connectivity index (χ1n) is 12.4. The maximum absolute atomic E-state index is 13.7. The zero-order valence-electron chi connectivity index (χ0n) is 21.5. The van der Waals surface area contributed by atoms with E-state index in [0.29, 0.717) is 5.56 Å². The second-order valence-corrected chi connectivity index (χ2v) is 11.6. The lowest BCUT2D eigenvalue weighted by Crippen LogP contribution is -2.46. The molecule has 208 valence electrons. The Hall–Kier alpha value is -3.67. The molecule has 12 heteroatoms. The van der Waals surface area contributed by atoms with Crippen LogP contribution < -0.4 is 10.0 Å². The highest BCUT2D eigenvalue weighted by atomic mass is 32.2. The highest BCUT2D eigenvalue weighted by Crippen LogP contribution is 2.38. The van der Waals surface area contributed by atoms with Crippen LogP contribution in [0.4, 0.5) is 24.8 Å². The molecule has 3 N–H and O–H groups in total. The third kappa shape index (κ3) is 6.16. The number of carboxylic acids is 1. The summed E-state index contributed by atoms with van der Waals surface area (Å²) in [5.74, 6) is -1.80. The van der Waals surface area contributed by atoms with E-state index in [9.17, 15) is 31.5 Å². The Morgan fingerprint density at radius 2 is 1.64 bits per heavy atom. The van der Waals surface area contributed by atoms with Gasteiger partial charge >= 0.3 is 12.1 Å². The first kappa shape index (κ1) is 28.3. The van der Waals surface area contributed by atoms with E-state index in [2.05, 4.69) is 20.0 Å². The topological polar surface area (TPSA) is 121 Å². The van der Waals surface area contributed by atoms with Gasteiger partial charge in [0.25, 0.3) is 10.0 Å². The first-order chi connectivity index (χ1) is 18.3. The molecule has 1 aliphatic rings. The number of benzene rings is 1. The van der Waals surface area contributed by atoms with Crippen LogP contribution in [0.15, 0.2) is 59.6 Å². The number of nitrogens with one attached hydrogen (secondary N) is 2. The minimum Gasteiger partial charge on any atom is -0.481 e. The Morgan fingerprint density at radius 1 is 0.949 bits per heavy atom. The van der Waals surface area contributed by atoms with Gasteiger partial charge in [-0.2, -0.15) is 21.6 Å². The predicted molar refractivity (Wildman–Crippen MR) is 141 cm³/mol. The van der Waals surface area contributed by atoms with E-state index in [1.54, 1.807) is 25.1 Å². The predicted octanol–water partition coefficient (Wildman–Crippen LogP) is 5.82. The number of aliphatic carboxylic acids is 1. The molecule has 2 aromatic heterocycles. The summed E-state index contributed by atoms with van der Waals surface area (Å²) in [5.41, 5.74) is -0.627. The molecule has 3 aromatic rings. The summed E-state index contributed by atoms with van der Waals surface area (Å²) in [4.78, 5) is 20.1. The standard InChI is InChI=1S/C27H29F3N4O4S/c1-15-7-4-5-8-18(15)25-19(27(28,29)30)13-14-21(33-25)34-39(37,38)22-10-6-9-20(31-22)32-24-17(3)12-11-16(2)23(24)26(35)36/h4-10,13-14,16-17,23-24H,11-12H2,1-3H3,(H,31,32)(H,33,34)(H,35,36)/t16-,17+,23+,24-/m0/s1. The SMILES string of the molecule is Cc1ccccc1-c1nc(NS(=O)(=O)c2cccc(N[C@@H]3[C@H](C(=O)O)[C@@H](C)CC[C@H]3C)n2)ccc1C(F)(F)F. The maximum Gasteiger partial charge on any atom is 0.418 e. The number of sulfonamides is 1. The van der Waals surface area contributed by atoms with Gasteiger partial charge in [0.2, 0.25) is 0 Å². The number of anilines is 2. The molecule has 1 aliphatic carbocycles. The summed E-state index contributed by atoms with van der Waals surface area (Å²) in [6.45, 7) is 5.45. The van der Waals surface area contributed by atoms with Crippen LogP contribution in [0.1, 0.15) is 37.8 Å². The largest absolute Gasteiger partial charge is 0.481 e. The van der Waals surface area contributed by atoms with E-state index in [4.69, 9.17) is 0 Å². The van der Waals surface area contributed by atoms with Gasteiger partial charge in [-0.15, -0.1) is 0 Å². The lowest BCUT2D eigenvalue weighted by molar-refractivity contribution is -0.145. The van der Waals surface area contributed by atoms with Gasteiger partial charge in [0, 0.05) is 11.6 Å². The molecule has 4 rings (SSSR count). The number of hydrogen-bond acceptors (Lipinski definition) is 6. The summed E-state index contributed by atoms with van der Waals surface area (Å²) in [7, 11) is -4.35. The monoisotopic (exact) mass is 562 g/mol. The van der Waals surface area contributed by atoms with Crippen molar-refractivity contribution in [3.63, 3.8) is 0 Å². The summed E-state index contributed by atoms with van der Waals surface area (Å²) in [5, 5.41) is 12.5. The molecule has 1 fully saturated rings. The van der Waals surface area contributed by atoms with Crippen LogP contribution in [-0.2, 0) is 21.0 Å². The molecule has 8 nitrogen and oxygen atoms in total. The molecule has 0 unspecified atom stereocenters. The Bertz CT molecular complexity index is 1480. The highest BCUT2D eigenvalue weighted by molar-refractivity contribution is 7.92. The number of carboxylic acid groups (broad SMARTS) is 1. The van der Waals surface area contributed by atoms with Crippen LogP contribution in [0.2, 0.25) is 0 Å². The van der Waals surface area contributed by atoms with Crippen molar-refractivity contribution in [3.05, 3.63) is 65.7 Å². The zero-order valence-corrected chi connectivity index (χ0v) is 22.3. The Kier molecular flexibility index (Phi) is 7.87. The molecule has 1 saturated carbocycles. The number of halogens is 3. The van der Waals surface area contributed by atoms with Crippen molar-refractivity contribution in [3.8, 4) is 11.3 Å². The maximum atomic E-state index is 13.7. The molecule has 0 aliphatic heterocycles. The van der Waals surface area contributed by atoms with Crippen molar-refractivity contribution >= 4 is 27.6 Å². The van der Waals surface area contributed by atoms with Gasteiger partial charge in [0.1, 0.15) is 11.6 Å². The molecular formula is C27H29F3N4O4S. The van der Waals surface area contributed by atoms with Crippen molar-refractivity contribution in [1.82, 2.24) is 9.97 Å². The third-order valence-corrected chi connectivity index (χ3v) is 8.38. The molecule has 0 amide bonds. The average molecular weight is 563 g/mol. The second kappa shape index (κ2) is 10.8. The first-order valence-corrected chi connectivity index (χ1v) is 13.9. The fraction of sp³-hybridized carbons (Fsp3) is 0.370. The van der Waals surface area contributed by atoms with E-state index < -0.39 is 50.4 Å². The smallest absolute Gasteiger partial charge is 0.418 e. The minimum absolute atomic E-state index is 0.0127. The summed E-state index contributed by atoms with van der Waals surface area (Å²) in [6, 6.07) is 11.9. The van der Waals surface area contributed by atoms with Gasteiger partial charge < -0.3 is 10.4 Å². The van der Waals surface area contributed by atoms with Gasteiger partial charge in [-0.3, -0.25) is 9.52 Å². The zero-order chi connectivity index (χ0) is 28.5. The van der Waals surface area contributed by atoms with Crippen molar-refractivity contribution < 1.29 is 31.5 Å².